The molecular formula is C11H14N2O2. The first kappa shape index (κ1) is 10.1. The first-order valence-electron chi connectivity index (χ1n) is 5.09. The number of nitro groups is 1. The van der Waals surface area contributed by atoms with Crippen LogP contribution in [0.5, 0.6) is 0 Å². The number of rotatable bonds is 3. The first-order valence-corrected chi connectivity index (χ1v) is 5.09. The van der Waals surface area contributed by atoms with Gasteiger partial charge in [-0.2, -0.15) is 0 Å². The lowest BCUT2D eigenvalue weighted by Crippen LogP contribution is -2.17. The van der Waals surface area contributed by atoms with Crippen molar-refractivity contribution in [3.8, 4) is 0 Å². The van der Waals surface area contributed by atoms with Crippen LogP contribution in [-0.2, 0) is 0 Å². The van der Waals surface area contributed by atoms with Gasteiger partial charge in [0.1, 0.15) is 0 Å². The Morgan fingerprint density at radius 3 is 2.47 bits per heavy atom. The fourth-order valence-electron chi connectivity index (χ4n) is 2.02. The number of benzene rings is 1. The smallest absolute Gasteiger partial charge is 0.269 e. The Morgan fingerprint density at radius 1 is 1.47 bits per heavy atom. The van der Waals surface area contributed by atoms with Gasteiger partial charge in [0.25, 0.3) is 5.69 Å². The highest BCUT2D eigenvalue weighted by molar-refractivity contribution is 5.36. The monoisotopic (exact) mass is 206 g/mol. The Kier molecular flexibility index (Phi) is 2.44. The van der Waals surface area contributed by atoms with Gasteiger partial charge in [-0.25, -0.2) is 0 Å². The number of hydrogen-bond donors (Lipinski definition) is 1. The van der Waals surface area contributed by atoms with Gasteiger partial charge in [0, 0.05) is 18.2 Å². The predicted octanol–water partition coefficient (Wildman–Crippen LogP) is 2.05. The van der Waals surface area contributed by atoms with Crippen LogP contribution in [0.3, 0.4) is 0 Å². The van der Waals surface area contributed by atoms with Gasteiger partial charge in [-0.05, 0) is 30.7 Å². The predicted molar refractivity (Wildman–Crippen MR) is 57.6 cm³/mol. The second-order valence-corrected chi connectivity index (χ2v) is 4.21. The minimum absolute atomic E-state index is 0.150. The molecule has 1 saturated carbocycles. The first-order chi connectivity index (χ1) is 7.09. The molecule has 0 bridgehead atoms. The van der Waals surface area contributed by atoms with Crippen LogP contribution in [0.2, 0.25) is 0 Å². The number of hydrogen-bond acceptors (Lipinski definition) is 3. The maximum absolute atomic E-state index is 10.5. The zero-order valence-corrected chi connectivity index (χ0v) is 8.59. The normalized spacial score (nSPS) is 26.0. The highest BCUT2D eigenvalue weighted by Gasteiger charge is 2.40. The van der Waals surface area contributed by atoms with E-state index in [9.17, 15) is 10.1 Å². The zero-order chi connectivity index (χ0) is 11.0. The van der Waals surface area contributed by atoms with E-state index in [0.29, 0.717) is 11.8 Å². The maximum Gasteiger partial charge on any atom is 0.269 e. The topological polar surface area (TPSA) is 69.2 Å². The Balaban J connectivity index is 2.09. The van der Waals surface area contributed by atoms with Crippen LogP contribution in [-0.4, -0.2) is 11.0 Å². The molecule has 1 fully saturated rings. The van der Waals surface area contributed by atoms with E-state index in [1.807, 2.05) is 19.1 Å². The van der Waals surface area contributed by atoms with Crippen molar-refractivity contribution in [2.24, 2.45) is 11.7 Å². The fraction of sp³-hybridized carbons (Fsp3) is 0.455. The second-order valence-electron chi connectivity index (χ2n) is 4.21. The largest absolute Gasteiger partial charge is 0.328 e. The van der Waals surface area contributed by atoms with Crippen molar-refractivity contribution < 1.29 is 4.92 Å². The van der Waals surface area contributed by atoms with Crippen molar-refractivity contribution in [2.45, 2.75) is 25.3 Å². The molecule has 4 heteroatoms. The molecule has 1 aliphatic carbocycles. The number of nitrogens with two attached hydrogens (primary N) is 1. The van der Waals surface area contributed by atoms with Crippen LogP contribution in [0, 0.1) is 16.0 Å². The van der Waals surface area contributed by atoms with Crippen molar-refractivity contribution in [3.05, 3.63) is 39.9 Å². The Morgan fingerprint density at radius 2 is 2.07 bits per heavy atom. The van der Waals surface area contributed by atoms with Gasteiger partial charge >= 0.3 is 0 Å². The van der Waals surface area contributed by atoms with Crippen molar-refractivity contribution in [1.29, 1.82) is 0 Å². The number of non-ortho nitro benzene ring substituents is 1. The molecule has 1 aliphatic rings. The number of nitro benzene ring substituents is 1. The maximum atomic E-state index is 10.5. The summed E-state index contributed by atoms with van der Waals surface area (Å²) in [4.78, 5) is 10.1. The van der Waals surface area contributed by atoms with Crippen LogP contribution >= 0.6 is 0 Å². The molecule has 0 amide bonds. The van der Waals surface area contributed by atoms with Crippen molar-refractivity contribution >= 4 is 5.69 Å². The second kappa shape index (κ2) is 3.62. The molecule has 15 heavy (non-hydrogen) atoms. The SMILES string of the molecule is CC(N)C1CC1c1ccc([N+](=O)[O-])cc1. The lowest BCUT2D eigenvalue weighted by atomic mass is 10.1. The highest BCUT2D eigenvalue weighted by atomic mass is 16.6. The molecule has 2 rings (SSSR count). The third-order valence-corrected chi connectivity index (χ3v) is 3.05. The summed E-state index contributed by atoms with van der Waals surface area (Å²) >= 11 is 0. The molecule has 4 nitrogen and oxygen atoms in total. The molecule has 0 aromatic heterocycles. The Labute approximate surface area is 88.2 Å². The molecule has 0 radical (unpaired) electrons. The molecular weight excluding hydrogens is 192 g/mol. The zero-order valence-electron chi connectivity index (χ0n) is 8.59. The van der Waals surface area contributed by atoms with Crippen molar-refractivity contribution in [3.63, 3.8) is 0 Å². The third-order valence-electron chi connectivity index (χ3n) is 3.05. The standard InChI is InChI=1S/C11H14N2O2/c1-7(12)10-6-11(10)8-2-4-9(5-3-8)13(14)15/h2-5,7,10-11H,6,12H2,1H3. The van der Waals surface area contributed by atoms with E-state index < -0.39 is 0 Å². The summed E-state index contributed by atoms with van der Waals surface area (Å²) in [7, 11) is 0. The minimum atomic E-state index is -0.375. The molecule has 0 aliphatic heterocycles. The summed E-state index contributed by atoms with van der Waals surface area (Å²) in [6.07, 6.45) is 1.11. The molecule has 1 aromatic carbocycles. The average Bonchev–Trinajstić information content (AvgIpc) is 2.97. The van der Waals surface area contributed by atoms with E-state index >= 15 is 0 Å². The van der Waals surface area contributed by atoms with E-state index in [4.69, 9.17) is 5.73 Å². The summed E-state index contributed by atoms with van der Waals surface area (Å²) < 4.78 is 0. The molecule has 2 N–H and O–H groups in total. The summed E-state index contributed by atoms with van der Waals surface area (Å²) in [5, 5.41) is 10.5. The third kappa shape index (κ3) is 1.99. The number of nitrogens with zero attached hydrogens (tertiary/aromatic N) is 1. The molecule has 3 atom stereocenters. The van der Waals surface area contributed by atoms with E-state index in [-0.39, 0.29) is 16.7 Å². The van der Waals surface area contributed by atoms with E-state index in [0.717, 1.165) is 6.42 Å². The van der Waals surface area contributed by atoms with Crippen LogP contribution in [0.4, 0.5) is 5.69 Å². The van der Waals surface area contributed by atoms with Gasteiger partial charge in [-0.3, -0.25) is 10.1 Å². The molecule has 0 heterocycles. The molecule has 0 saturated heterocycles. The average molecular weight is 206 g/mol. The van der Waals surface area contributed by atoms with E-state index in [2.05, 4.69) is 0 Å². The molecule has 1 aromatic rings. The molecule has 3 unspecified atom stereocenters. The van der Waals surface area contributed by atoms with Crippen LogP contribution in [0.25, 0.3) is 0 Å². The summed E-state index contributed by atoms with van der Waals surface area (Å²) in [5.41, 5.74) is 7.11. The van der Waals surface area contributed by atoms with Crippen molar-refractivity contribution in [2.75, 3.05) is 0 Å². The fourth-order valence-corrected chi connectivity index (χ4v) is 2.02. The van der Waals surface area contributed by atoms with Crippen LogP contribution < -0.4 is 5.73 Å². The van der Waals surface area contributed by atoms with Crippen LogP contribution in [0.15, 0.2) is 24.3 Å². The van der Waals surface area contributed by atoms with E-state index in [1.54, 1.807) is 12.1 Å². The summed E-state index contributed by atoms with van der Waals surface area (Å²) in [5.74, 6) is 1.05. The van der Waals surface area contributed by atoms with Gasteiger partial charge in [0.2, 0.25) is 0 Å². The molecule has 80 valence electrons. The summed E-state index contributed by atoms with van der Waals surface area (Å²) in [6.45, 7) is 2.01. The van der Waals surface area contributed by atoms with E-state index in [1.165, 1.54) is 5.56 Å². The van der Waals surface area contributed by atoms with Gasteiger partial charge in [0.05, 0.1) is 4.92 Å². The minimum Gasteiger partial charge on any atom is -0.328 e. The lowest BCUT2D eigenvalue weighted by Gasteiger charge is -2.03. The van der Waals surface area contributed by atoms with Gasteiger partial charge in [0.15, 0.2) is 0 Å². The Hall–Kier alpha value is -1.42. The quantitative estimate of drug-likeness (QED) is 0.607. The van der Waals surface area contributed by atoms with Gasteiger partial charge in [-0.15, -0.1) is 0 Å². The van der Waals surface area contributed by atoms with Crippen LogP contribution in [0.1, 0.15) is 24.8 Å². The Bertz CT molecular complexity index is 373. The summed E-state index contributed by atoms with van der Waals surface area (Å²) in [6, 6.07) is 7.01. The van der Waals surface area contributed by atoms with Crippen molar-refractivity contribution in [1.82, 2.24) is 0 Å². The lowest BCUT2D eigenvalue weighted by molar-refractivity contribution is -0.384. The highest BCUT2D eigenvalue weighted by Crippen LogP contribution is 2.49. The van der Waals surface area contributed by atoms with Gasteiger partial charge < -0.3 is 5.73 Å². The van der Waals surface area contributed by atoms with Gasteiger partial charge in [-0.1, -0.05) is 12.1 Å². The molecule has 0 spiro atoms.